The van der Waals surface area contributed by atoms with Gasteiger partial charge in [-0.05, 0) is 62.5 Å². The number of hydrogen-bond donors (Lipinski definition) is 0. The van der Waals surface area contributed by atoms with Crippen molar-refractivity contribution in [2.75, 3.05) is 0 Å². The summed E-state index contributed by atoms with van der Waals surface area (Å²) < 4.78 is 6.55. The van der Waals surface area contributed by atoms with Crippen molar-refractivity contribution < 1.29 is 4.42 Å². The summed E-state index contributed by atoms with van der Waals surface area (Å²) in [6, 6.07) is 58.4. The standard InChI is InChI=1S/C45H27NO/c1-2-12-29(13-3-1)42-43-35-18-8-10-20-39(35)46-45(38(43)27-41-44(42)36-19-9-11-21-40(36)47-41)30-24-22-28(23-25-30)37-26-31-14-4-5-15-32(31)33-16-6-7-17-34(33)37/h1-27H. The van der Waals surface area contributed by atoms with Gasteiger partial charge in [0.25, 0.3) is 0 Å². The largest absolute Gasteiger partial charge is 0.456 e. The summed E-state index contributed by atoms with van der Waals surface area (Å²) in [5.41, 5.74) is 9.53. The number of pyridine rings is 1. The van der Waals surface area contributed by atoms with E-state index in [1.54, 1.807) is 0 Å². The molecule has 0 radical (unpaired) electrons. The van der Waals surface area contributed by atoms with Crippen molar-refractivity contribution in [1.82, 2.24) is 4.98 Å². The van der Waals surface area contributed by atoms with Crippen LogP contribution in [-0.2, 0) is 0 Å². The van der Waals surface area contributed by atoms with E-state index in [0.717, 1.165) is 55.0 Å². The Balaban J connectivity index is 1.26. The van der Waals surface area contributed by atoms with Crippen LogP contribution < -0.4 is 0 Å². The van der Waals surface area contributed by atoms with E-state index in [1.165, 1.54) is 43.6 Å². The maximum Gasteiger partial charge on any atom is 0.136 e. The molecule has 10 aromatic rings. The van der Waals surface area contributed by atoms with Crippen LogP contribution in [0, 0.1) is 0 Å². The fraction of sp³-hybridized carbons (Fsp3) is 0. The molecule has 0 N–H and O–H groups in total. The van der Waals surface area contributed by atoms with Gasteiger partial charge in [0.05, 0.1) is 11.2 Å². The maximum atomic E-state index is 6.55. The normalized spacial score (nSPS) is 11.8. The van der Waals surface area contributed by atoms with Crippen LogP contribution in [0.25, 0.3) is 98.7 Å². The number of furan rings is 1. The van der Waals surface area contributed by atoms with Crippen molar-refractivity contribution in [2.45, 2.75) is 0 Å². The van der Waals surface area contributed by atoms with Crippen molar-refractivity contribution in [3.8, 4) is 33.5 Å². The highest BCUT2D eigenvalue weighted by atomic mass is 16.3. The molecule has 0 amide bonds. The lowest BCUT2D eigenvalue weighted by Gasteiger charge is -2.16. The van der Waals surface area contributed by atoms with Gasteiger partial charge in [0.15, 0.2) is 0 Å². The predicted molar refractivity (Wildman–Crippen MR) is 198 cm³/mol. The van der Waals surface area contributed by atoms with Gasteiger partial charge in [0, 0.05) is 38.1 Å². The highest BCUT2D eigenvalue weighted by Gasteiger charge is 2.21. The second-order valence-electron chi connectivity index (χ2n) is 12.3. The number of rotatable bonds is 3. The Morgan fingerprint density at radius 3 is 1.85 bits per heavy atom. The lowest BCUT2D eigenvalue weighted by molar-refractivity contribution is 0.669. The third-order valence-corrected chi connectivity index (χ3v) is 9.63. The average Bonchev–Trinajstić information content (AvgIpc) is 3.52. The SMILES string of the molecule is c1ccc(-c2c3c(cc4c(-c5ccc(-c6cc7ccccc7c7ccccc67)cc5)nc5ccccc5c24)oc2ccccc23)cc1. The summed E-state index contributed by atoms with van der Waals surface area (Å²) in [6.45, 7) is 0. The van der Waals surface area contributed by atoms with Crippen LogP contribution in [0.1, 0.15) is 0 Å². The number of nitrogens with zero attached hydrogens (tertiary/aromatic N) is 1. The second-order valence-corrected chi connectivity index (χ2v) is 12.3. The van der Waals surface area contributed by atoms with Crippen molar-refractivity contribution in [1.29, 1.82) is 0 Å². The van der Waals surface area contributed by atoms with Gasteiger partial charge in [-0.15, -0.1) is 0 Å². The quantitative estimate of drug-likeness (QED) is 0.189. The van der Waals surface area contributed by atoms with Crippen LogP contribution >= 0.6 is 0 Å². The van der Waals surface area contributed by atoms with Gasteiger partial charge in [-0.3, -0.25) is 0 Å². The zero-order valence-electron chi connectivity index (χ0n) is 25.4. The molecular formula is C45H27NO. The van der Waals surface area contributed by atoms with Crippen LogP contribution in [0.4, 0.5) is 0 Å². The Labute approximate surface area is 271 Å². The summed E-state index contributed by atoms with van der Waals surface area (Å²) in [4.78, 5) is 5.32. The fourth-order valence-electron chi connectivity index (χ4n) is 7.53. The number of para-hydroxylation sites is 2. The molecule has 0 saturated heterocycles. The minimum Gasteiger partial charge on any atom is -0.456 e. The summed E-state index contributed by atoms with van der Waals surface area (Å²) >= 11 is 0. The number of aromatic nitrogens is 1. The van der Waals surface area contributed by atoms with Gasteiger partial charge >= 0.3 is 0 Å². The third-order valence-electron chi connectivity index (χ3n) is 9.63. The number of benzene rings is 8. The van der Waals surface area contributed by atoms with E-state index in [-0.39, 0.29) is 0 Å². The molecule has 0 unspecified atom stereocenters. The third kappa shape index (κ3) is 3.95. The van der Waals surface area contributed by atoms with Crippen molar-refractivity contribution in [3.63, 3.8) is 0 Å². The average molecular weight is 598 g/mol. The lowest BCUT2D eigenvalue weighted by Crippen LogP contribution is -1.93. The van der Waals surface area contributed by atoms with Gasteiger partial charge < -0.3 is 4.42 Å². The Kier molecular flexibility index (Phi) is 5.61. The second kappa shape index (κ2) is 10.1. The number of fused-ring (bicyclic) bond motifs is 9. The molecule has 0 bridgehead atoms. The van der Waals surface area contributed by atoms with E-state index in [2.05, 4.69) is 158 Å². The van der Waals surface area contributed by atoms with E-state index in [0.29, 0.717) is 0 Å². The highest BCUT2D eigenvalue weighted by Crippen LogP contribution is 2.46. The lowest BCUT2D eigenvalue weighted by atomic mass is 9.89. The van der Waals surface area contributed by atoms with Gasteiger partial charge in [-0.2, -0.15) is 0 Å². The van der Waals surface area contributed by atoms with E-state index in [4.69, 9.17) is 9.40 Å². The summed E-state index contributed by atoms with van der Waals surface area (Å²) in [7, 11) is 0. The molecule has 2 nitrogen and oxygen atoms in total. The molecule has 0 fully saturated rings. The van der Waals surface area contributed by atoms with Crippen LogP contribution in [0.5, 0.6) is 0 Å². The Morgan fingerprint density at radius 2 is 1.02 bits per heavy atom. The van der Waals surface area contributed by atoms with Crippen molar-refractivity contribution in [3.05, 3.63) is 164 Å². The fourth-order valence-corrected chi connectivity index (χ4v) is 7.53. The molecule has 0 atom stereocenters. The molecule has 8 aromatic carbocycles. The molecular weight excluding hydrogens is 571 g/mol. The van der Waals surface area contributed by atoms with E-state index in [9.17, 15) is 0 Å². The maximum absolute atomic E-state index is 6.55. The molecule has 47 heavy (non-hydrogen) atoms. The Morgan fingerprint density at radius 1 is 0.383 bits per heavy atom. The summed E-state index contributed by atoms with van der Waals surface area (Å²) in [5, 5.41) is 10.7. The summed E-state index contributed by atoms with van der Waals surface area (Å²) in [6.07, 6.45) is 0. The molecule has 2 heteroatoms. The molecule has 0 aliphatic rings. The molecule has 0 spiro atoms. The first-order chi connectivity index (χ1) is 23.3. The van der Waals surface area contributed by atoms with Gasteiger partial charge in [0.2, 0.25) is 0 Å². The van der Waals surface area contributed by atoms with Gasteiger partial charge in [0.1, 0.15) is 11.2 Å². The molecule has 0 aliphatic heterocycles. The first-order valence-electron chi connectivity index (χ1n) is 16.1. The zero-order chi connectivity index (χ0) is 30.9. The van der Waals surface area contributed by atoms with Crippen LogP contribution in [0.15, 0.2) is 168 Å². The van der Waals surface area contributed by atoms with Crippen LogP contribution in [0.2, 0.25) is 0 Å². The van der Waals surface area contributed by atoms with Gasteiger partial charge in [-0.25, -0.2) is 4.98 Å². The van der Waals surface area contributed by atoms with E-state index < -0.39 is 0 Å². The first kappa shape index (κ1) is 26.0. The topological polar surface area (TPSA) is 26.0 Å². The van der Waals surface area contributed by atoms with Crippen molar-refractivity contribution >= 4 is 65.2 Å². The molecule has 2 heterocycles. The van der Waals surface area contributed by atoms with E-state index >= 15 is 0 Å². The molecule has 2 aromatic heterocycles. The van der Waals surface area contributed by atoms with Crippen LogP contribution in [-0.4, -0.2) is 4.98 Å². The predicted octanol–water partition coefficient (Wildman–Crippen LogP) is 12.6. The highest BCUT2D eigenvalue weighted by molar-refractivity contribution is 6.27. The zero-order valence-corrected chi connectivity index (χ0v) is 25.4. The minimum atomic E-state index is 0.870. The molecule has 0 saturated carbocycles. The van der Waals surface area contributed by atoms with Crippen LogP contribution in [0.3, 0.4) is 0 Å². The minimum absolute atomic E-state index is 0.870. The number of hydrogen-bond acceptors (Lipinski definition) is 2. The molecule has 218 valence electrons. The Bertz CT molecular complexity index is 2830. The van der Waals surface area contributed by atoms with Crippen molar-refractivity contribution in [2.24, 2.45) is 0 Å². The monoisotopic (exact) mass is 597 g/mol. The molecule has 0 aliphatic carbocycles. The van der Waals surface area contributed by atoms with Gasteiger partial charge in [-0.1, -0.05) is 140 Å². The summed E-state index contributed by atoms with van der Waals surface area (Å²) in [5.74, 6) is 0. The first-order valence-corrected chi connectivity index (χ1v) is 16.1. The van der Waals surface area contributed by atoms with E-state index in [1.807, 2.05) is 6.07 Å². The molecule has 10 rings (SSSR count). The smallest absolute Gasteiger partial charge is 0.136 e. The Hall–Kier alpha value is -6.25.